The highest BCUT2D eigenvalue weighted by atomic mass is 16.2. The van der Waals surface area contributed by atoms with Crippen LogP contribution in [0.15, 0.2) is 36.7 Å². The Balaban J connectivity index is 1.45. The second-order valence-corrected chi connectivity index (χ2v) is 6.76. The minimum Gasteiger partial charge on any atom is -0.356 e. The summed E-state index contributed by atoms with van der Waals surface area (Å²) in [4.78, 5) is 26.0. The SMILES string of the molecule is Cc1cc2c(cn1)CN(C(=O)C1CCCN(c3ccccn3)C1)C2. The third-order valence-corrected chi connectivity index (χ3v) is 5.00. The van der Waals surface area contributed by atoms with Gasteiger partial charge in [0.1, 0.15) is 5.82 Å². The fourth-order valence-electron chi connectivity index (χ4n) is 3.74. The maximum atomic E-state index is 13.0. The summed E-state index contributed by atoms with van der Waals surface area (Å²) in [5.41, 5.74) is 3.45. The second-order valence-electron chi connectivity index (χ2n) is 6.76. The average Bonchev–Trinajstić information content (AvgIpc) is 3.05. The summed E-state index contributed by atoms with van der Waals surface area (Å²) < 4.78 is 0. The minimum absolute atomic E-state index is 0.0594. The van der Waals surface area contributed by atoms with Crippen LogP contribution in [0.2, 0.25) is 0 Å². The molecule has 0 bridgehead atoms. The largest absolute Gasteiger partial charge is 0.356 e. The highest BCUT2D eigenvalue weighted by molar-refractivity contribution is 5.80. The zero-order valence-electron chi connectivity index (χ0n) is 14.0. The van der Waals surface area contributed by atoms with Crippen molar-refractivity contribution in [2.75, 3.05) is 18.0 Å². The van der Waals surface area contributed by atoms with Crippen molar-refractivity contribution in [1.82, 2.24) is 14.9 Å². The molecule has 1 fully saturated rings. The lowest BCUT2D eigenvalue weighted by atomic mass is 9.96. The van der Waals surface area contributed by atoms with Crippen LogP contribution in [0.3, 0.4) is 0 Å². The van der Waals surface area contributed by atoms with Gasteiger partial charge in [0, 0.05) is 44.3 Å². The Morgan fingerprint density at radius 1 is 1.21 bits per heavy atom. The number of aryl methyl sites for hydroxylation is 1. The summed E-state index contributed by atoms with van der Waals surface area (Å²) in [5, 5.41) is 0. The molecule has 0 saturated carbocycles. The van der Waals surface area contributed by atoms with Gasteiger partial charge in [-0.15, -0.1) is 0 Å². The first kappa shape index (κ1) is 15.1. The first-order valence-electron chi connectivity index (χ1n) is 8.60. The molecular weight excluding hydrogens is 300 g/mol. The summed E-state index contributed by atoms with van der Waals surface area (Å²) >= 11 is 0. The Morgan fingerprint density at radius 3 is 2.92 bits per heavy atom. The van der Waals surface area contributed by atoms with Gasteiger partial charge in [0.15, 0.2) is 0 Å². The summed E-state index contributed by atoms with van der Waals surface area (Å²) in [6, 6.07) is 8.05. The van der Waals surface area contributed by atoms with E-state index in [1.54, 1.807) is 0 Å². The summed E-state index contributed by atoms with van der Waals surface area (Å²) in [6.07, 6.45) is 5.73. The number of carbonyl (C=O) groups is 1. The van der Waals surface area contributed by atoms with Crippen molar-refractivity contribution < 1.29 is 4.79 Å². The van der Waals surface area contributed by atoms with E-state index in [2.05, 4.69) is 20.9 Å². The molecule has 124 valence electrons. The summed E-state index contributed by atoms with van der Waals surface area (Å²) in [7, 11) is 0. The van der Waals surface area contributed by atoms with E-state index in [1.165, 1.54) is 11.1 Å². The Morgan fingerprint density at radius 2 is 2.08 bits per heavy atom. The molecule has 4 rings (SSSR count). The first-order chi connectivity index (χ1) is 11.7. The number of fused-ring (bicyclic) bond motifs is 1. The predicted octanol–water partition coefficient (Wildman–Crippen LogP) is 2.54. The predicted molar refractivity (Wildman–Crippen MR) is 92.4 cm³/mol. The van der Waals surface area contributed by atoms with Crippen LogP contribution in [0.25, 0.3) is 0 Å². The van der Waals surface area contributed by atoms with Gasteiger partial charge in [-0.25, -0.2) is 4.98 Å². The highest BCUT2D eigenvalue weighted by Gasteiger charge is 2.32. The van der Waals surface area contributed by atoms with Crippen molar-refractivity contribution in [2.24, 2.45) is 5.92 Å². The van der Waals surface area contributed by atoms with Crippen molar-refractivity contribution in [2.45, 2.75) is 32.9 Å². The molecule has 0 spiro atoms. The lowest BCUT2D eigenvalue weighted by Gasteiger charge is -2.34. The van der Waals surface area contributed by atoms with Gasteiger partial charge in [0.25, 0.3) is 0 Å². The quantitative estimate of drug-likeness (QED) is 0.852. The molecule has 1 amide bonds. The number of amides is 1. The third-order valence-electron chi connectivity index (χ3n) is 5.00. The van der Waals surface area contributed by atoms with Crippen LogP contribution in [0.1, 0.15) is 29.7 Å². The summed E-state index contributed by atoms with van der Waals surface area (Å²) in [5.74, 6) is 1.30. The van der Waals surface area contributed by atoms with Gasteiger partial charge in [-0.05, 0) is 49.1 Å². The van der Waals surface area contributed by atoms with Gasteiger partial charge in [-0.3, -0.25) is 9.78 Å². The van der Waals surface area contributed by atoms with E-state index >= 15 is 0 Å². The molecule has 5 heteroatoms. The fourth-order valence-corrected chi connectivity index (χ4v) is 3.74. The van der Waals surface area contributed by atoms with E-state index in [9.17, 15) is 4.79 Å². The monoisotopic (exact) mass is 322 g/mol. The van der Waals surface area contributed by atoms with E-state index < -0.39 is 0 Å². The van der Waals surface area contributed by atoms with E-state index in [1.807, 2.05) is 42.4 Å². The fraction of sp³-hybridized carbons (Fsp3) is 0.421. The summed E-state index contributed by atoms with van der Waals surface area (Å²) in [6.45, 7) is 5.15. The number of aromatic nitrogens is 2. The number of anilines is 1. The van der Waals surface area contributed by atoms with E-state index in [0.29, 0.717) is 6.54 Å². The number of pyridine rings is 2. The number of hydrogen-bond donors (Lipinski definition) is 0. The maximum Gasteiger partial charge on any atom is 0.228 e. The van der Waals surface area contributed by atoms with Crippen molar-refractivity contribution in [3.8, 4) is 0 Å². The maximum absolute atomic E-state index is 13.0. The molecule has 5 nitrogen and oxygen atoms in total. The van der Waals surface area contributed by atoms with Crippen molar-refractivity contribution >= 4 is 11.7 Å². The standard InChI is InChI=1S/C19H22N4O/c1-14-9-16-12-23(13-17(16)10-21-14)19(24)15-5-4-8-22(11-15)18-6-2-3-7-20-18/h2-3,6-7,9-10,15H,4-5,8,11-13H2,1H3. The highest BCUT2D eigenvalue weighted by Crippen LogP contribution is 2.28. The number of nitrogens with zero attached hydrogens (tertiary/aromatic N) is 4. The molecule has 4 heterocycles. The van der Waals surface area contributed by atoms with Crippen molar-refractivity contribution in [3.05, 3.63) is 53.5 Å². The normalized spacial score (nSPS) is 20.1. The zero-order valence-corrected chi connectivity index (χ0v) is 14.0. The minimum atomic E-state index is 0.0594. The van der Waals surface area contributed by atoms with E-state index in [4.69, 9.17) is 0 Å². The molecule has 0 aliphatic carbocycles. The van der Waals surface area contributed by atoms with Crippen molar-refractivity contribution in [1.29, 1.82) is 0 Å². The Kier molecular flexibility index (Phi) is 3.92. The van der Waals surface area contributed by atoms with Gasteiger partial charge < -0.3 is 9.80 Å². The average molecular weight is 322 g/mol. The lowest BCUT2D eigenvalue weighted by molar-refractivity contribution is -0.136. The van der Waals surface area contributed by atoms with Gasteiger partial charge in [-0.2, -0.15) is 0 Å². The first-order valence-corrected chi connectivity index (χ1v) is 8.60. The van der Waals surface area contributed by atoms with E-state index in [-0.39, 0.29) is 11.8 Å². The Hall–Kier alpha value is -2.43. The molecular formula is C19H22N4O. The van der Waals surface area contributed by atoms with Crippen LogP contribution in [0.5, 0.6) is 0 Å². The molecule has 2 aliphatic heterocycles. The van der Waals surface area contributed by atoms with Crippen LogP contribution < -0.4 is 4.90 Å². The molecule has 2 aliphatic rings. The van der Waals surface area contributed by atoms with E-state index in [0.717, 1.165) is 44.0 Å². The van der Waals surface area contributed by atoms with Gasteiger partial charge in [0.05, 0.1) is 5.92 Å². The van der Waals surface area contributed by atoms with Crippen LogP contribution in [0, 0.1) is 12.8 Å². The molecule has 1 saturated heterocycles. The smallest absolute Gasteiger partial charge is 0.228 e. The lowest BCUT2D eigenvalue weighted by Crippen LogP contribution is -2.43. The second kappa shape index (κ2) is 6.23. The van der Waals surface area contributed by atoms with Crippen LogP contribution >= 0.6 is 0 Å². The molecule has 24 heavy (non-hydrogen) atoms. The molecule has 0 N–H and O–H groups in total. The number of hydrogen-bond acceptors (Lipinski definition) is 4. The molecule has 1 atom stereocenters. The molecule has 2 aromatic rings. The number of piperidine rings is 1. The van der Waals surface area contributed by atoms with Crippen molar-refractivity contribution in [3.63, 3.8) is 0 Å². The van der Waals surface area contributed by atoms with Crippen LogP contribution in [0.4, 0.5) is 5.82 Å². The molecule has 0 radical (unpaired) electrons. The number of carbonyl (C=O) groups excluding carboxylic acids is 1. The van der Waals surface area contributed by atoms with Gasteiger partial charge >= 0.3 is 0 Å². The topological polar surface area (TPSA) is 49.3 Å². The van der Waals surface area contributed by atoms with Crippen LogP contribution in [-0.4, -0.2) is 33.9 Å². The van der Waals surface area contributed by atoms with Gasteiger partial charge in [0.2, 0.25) is 5.91 Å². The Bertz CT molecular complexity index is 746. The number of rotatable bonds is 2. The molecule has 1 unspecified atom stereocenters. The van der Waals surface area contributed by atoms with Gasteiger partial charge in [-0.1, -0.05) is 6.07 Å². The molecule has 2 aromatic heterocycles. The Labute approximate surface area is 142 Å². The third kappa shape index (κ3) is 2.86. The van der Waals surface area contributed by atoms with Crippen LogP contribution in [-0.2, 0) is 17.9 Å². The zero-order chi connectivity index (χ0) is 16.5. The molecule has 0 aromatic carbocycles.